The molecule has 0 aromatic carbocycles. The van der Waals surface area contributed by atoms with Gasteiger partial charge in [0.05, 0.1) is 23.5 Å². The van der Waals surface area contributed by atoms with E-state index in [0.29, 0.717) is 36.6 Å². The Morgan fingerprint density at radius 1 is 1.14 bits per heavy atom. The zero-order valence-corrected chi connectivity index (χ0v) is 18.0. The van der Waals surface area contributed by atoms with Crippen molar-refractivity contribution in [3.63, 3.8) is 0 Å². The molecule has 1 saturated heterocycles. The summed E-state index contributed by atoms with van der Waals surface area (Å²) in [6.07, 6.45) is 6.06. The first-order valence-corrected chi connectivity index (χ1v) is 12.2. The summed E-state index contributed by atoms with van der Waals surface area (Å²) < 4.78 is 26.6. The number of hydrogen-bond donors (Lipinski definition) is 1. The van der Waals surface area contributed by atoms with Crippen LogP contribution in [0.3, 0.4) is 0 Å². The maximum Gasteiger partial charge on any atom is 0.254 e. The van der Waals surface area contributed by atoms with E-state index in [1.807, 2.05) is 4.90 Å². The quantitative estimate of drug-likeness (QED) is 0.796. The Bertz CT molecular complexity index is 952. The second kappa shape index (κ2) is 7.83. The van der Waals surface area contributed by atoms with Crippen molar-refractivity contribution in [3.05, 3.63) is 27.4 Å². The average molecular weight is 423 g/mol. The Hall–Kier alpha value is -1.74. The number of aromatic amines is 1. The van der Waals surface area contributed by atoms with Crippen molar-refractivity contribution in [2.75, 3.05) is 13.1 Å². The predicted molar refractivity (Wildman–Crippen MR) is 109 cm³/mol. The second-order valence-electron chi connectivity index (χ2n) is 8.72. The van der Waals surface area contributed by atoms with E-state index in [-0.39, 0.29) is 30.0 Å². The fraction of sp³-hybridized carbons (Fsp3) is 0.750. The summed E-state index contributed by atoms with van der Waals surface area (Å²) in [6, 6.07) is -0.230. The minimum atomic E-state index is -3.41. The van der Waals surface area contributed by atoms with Crippen molar-refractivity contribution < 1.29 is 13.2 Å². The highest BCUT2D eigenvalue weighted by Crippen LogP contribution is 2.35. The van der Waals surface area contributed by atoms with Crippen LogP contribution in [0, 0.1) is 5.92 Å². The molecule has 4 rings (SSSR count). The number of H-pyrrole nitrogens is 1. The lowest BCUT2D eigenvalue weighted by Crippen LogP contribution is -2.45. The van der Waals surface area contributed by atoms with Gasteiger partial charge in [0.15, 0.2) is 0 Å². The lowest BCUT2D eigenvalue weighted by Gasteiger charge is -2.39. The summed E-state index contributed by atoms with van der Waals surface area (Å²) >= 11 is 0. The van der Waals surface area contributed by atoms with E-state index in [9.17, 15) is 18.0 Å². The molecule has 1 aromatic rings. The predicted octanol–water partition coefficient (Wildman–Crippen LogP) is 1.72. The van der Waals surface area contributed by atoms with Crippen molar-refractivity contribution in [3.8, 4) is 0 Å². The molecule has 1 aromatic heterocycles. The standard InChI is InChI=1S/C20H30N4O4S/c1-13(2)29(27,28)23-11-9-15-16(12-23)21-18(22-19(15)25)17-8-3-4-10-24(17)20(26)14-6-5-7-14/h13-14,17H,3-12H2,1-2H3,(H,21,22,25)/t17-/m1/s1. The maximum atomic E-state index is 12.9. The highest BCUT2D eigenvalue weighted by molar-refractivity contribution is 7.89. The van der Waals surface area contributed by atoms with Gasteiger partial charge >= 0.3 is 0 Å². The molecule has 1 atom stereocenters. The average Bonchev–Trinajstić information content (AvgIpc) is 2.66. The van der Waals surface area contributed by atoms with Crippen LogP contribution in [0.4, 0.5) is 0 Å². The first-order valence-electron chi connectivity index (χ1n) is 10.7. The molecule has 1 saturated carbocycles. The molecule has 29 heavy (non-hydrogen) atoms. The summed E-state index contributed by atoms with van der Waals surface area (Å²) in [6.45, 7) is 4.43. The van der Waals surface area contributed by atoms with E-state index in [4.69, 9.17) is 4.98 Å². The molecule has 9 heteroatoms. The minimum absolute atomic E-state index is 0.103. The van der Waals surface area contributed by atoms with E-state index < -0.39 is 15.3 Å². The van der Waals surface area contributed by atoms with Crippen LogP contribution in [-0.4, -0.2) is 51.8 Å². The van der Waals surface area contributed by atoms with Gasteiger partial charge < -0.3 is 9.88 Å². The van der Waals surface area contributed by atoms with Gasteiger partial charge in [0.2, 0.25) is 15.9 Å². The number of amides is 1. The number of fused-ring (bicyclic) bond motifs is 1. The highest BCUT2D eigenvalue weighted by Gasteiger charge is 2.37. The Morgan fingerprint density at radius 3 is 2.55 bits per heavy atom. The van der Waals surface area contributed by atoms with Gasteiger partial charge in [-0.3, -0.25) is 9.59 Å². The third-order valence-corrected chi connectivity index (χ3v) is 8.79. The maximum absolute atomic E-state index is 12.9. The monoisotopic (exact) mass is 422 g/mol. The van der Waals surface area contributed by atoms with Crippen LogP contribution in [0.5, 0.6) is 0 Å². The van der Waals surface area contributed by atoms with Crippen molar-refractivity contribution >= 4 is 15.9 Å². The van der Waals surface area contributed by atoms with E-state index in [1.54, 1.807) is 13.8 Å². The molecule has 3 heterocycles. The van der Waals surface area contributed by atoms with E-state index in [2.05, 4.69) is 4.98 Å². The van der Waals surface area contributed by atoms with Crippen LogP contribution in [0.25, 0.3) is 0 Å². The smallest absolute Gasteiger partial charge is 0.254 e. The topological polar surface area (TPSA) is 103 Å². The molecule has 160 valence electrons. The molecule has 1 aliphatic carbocycles. The second-order valence-corrected chi connectivity index (χ2v) is 11.2. The van der Waals surface area contributed by atoms with Gasteiger partial charge in [0.25, 0.3) is 5.56 Å². The normalized spacial score (nSPS) is 23.7. The Labute approximate surface area is 171 Å². The molecular weight excluding hydrogens is 392 g/mol. The molecule has 2 fully saturated rings. The third-order valence-electron chi connectivity index (χ3n) is 6.57. The molecule has 1 amide bonds. The Balaban J connectivity index is 1.64. The van der Waals surface area contributed by atoms with Crippen molar-refractivity contribution in [1.29, 1.82) is 0 Å². The van der Waals surface area contributed by atoms with Crippen molar-refractivity contribution in [2.24, 2.45) is 5.92 Å². The first kappa shape index (κ1) is 20.5. The van der Waals surface area contributed by atoms with Gasteiger partial charge in [-0.05, 0) is 52.4 Å². The van der Waals surface area contributed by atoms with Crippen LogP contribution in [0.2, 0.25) is 0 Å². The molecule has 2 aliphatic heterocycles. The van der Waals surface area contributed by atoms with E-state index in [1.165, 1.54) is 4.31 Å². The summed E-state index contributed by atoms with van der Waals surface area (Å²) in [5.74, 6) is 0.780. The van der Waals surface area contributed by atoms with Gasteiger partial charge in [-0.1, -0.05) is 6.42 Å². The number of piperidine rings is 1. The van der Waals surface area contributed by atoms with Gasteiger partial charge in [-0.25, -0.2) is 13.4 Å². The SMILES string of the molecule is CC(C)S(=O)(=O)N1CCc2c(nc([C@H]3CCCCN3C(=O)C3CCC3)[nH]c2=O)C1. The van der Waals surface area contributed by atoms with Crippen LogP contribution in [0.1, 0.15) is 75.5 Å². The summed E-state index contributed by atoms with van der Waals surface area (Å²) in [7, 11) is -3.41. The molecule has 0 bridgehead atoms. The van der Waals surface area contributed by atoms with Crippen molar-refractivity contribution in [2.45, 2.75) is 76.6 Å². The number of aromatic nitrogens is 2. The Morgan fingerprint density at radius 2 is 1.90 bits per heavy atom. The molecule has 0 unspecified atom stereocenters. The van der Waals surface area contributed by atoms with Crippen LogP contribution in [-0.2, 0) is 27.8 Å². The molecule has 8 nitrogen and oxygen atoms in total. The van der Waals surface area contributed by atoms with Gasteiger partial charge in [-0.2, -0.15) is 4.31 Å². The molecule has 0 radical (unpaired) electrons. The number of rotatable bonds is 4. The lowest BCUT2D eigenvalue weighted by molar-refractivity contribution is -0.142. The van der Waals surface area contributed by atoms with Gasteiger partial charge in [0, 0.05) is 24.6 Å². The van der Waals surface area contributed by atoms with E-state index >= 15 is 0 Å². The highest BCUT2D eigenvalue weighted by atomic mass is 32.2. The molecule has 0 spiro atoms. The lowest BCUT2D eigenvalue weighted by atomic mass is 9.83. The van der Waals surface area contributed by atoms with Gasteiger partial charge in [0.1, 0.15) is 5.82 Å². The number of likely N-dealkylation sites (tertiary alicyclic amines) is 1. The summed E-state index contributed by atoms with van der Waals surface area (Å²) in [5, 5.41) is -0.514. The third kappa shape index (κ3) is 3.74. The fourth-order valence-electron chi connectivity index (χ4n) is 4.48. The van der Waals surface area contributed by atoms with Crippen LogP contribution in [0.15, 0.2) is 4.79 Å². The van der Waals surface area contributed by atoms with E-state index in [0.717, 1.165) is 38.5 Å². The zero-order valence-electron chi connectivity index (χ0n) is 17.2. The minimum Gasteiger partial charge on any atom is -0.332 e. The summed E-state index contributed by atoms with van der Waals surface area (Å²) in [5.41, 5.74) is 0.894. The van der Waals surface area contributed by atoms with Crippen LogP contribution >= 0.6 is 0 Å². The molecule has 1 N–H and O–H groups in total. The summed E-state index contributed by atoms with van der Waals surface area (Å²) in [4.78, 5) is 35.1. The largest absolute Gasteiger partial charge is 0.332 e. The number of hydrogen-bond acceptors (Lipinski definition) is 5. The first-order chi connectivity index (χ1) is 13.8. The van der Waals surface area contributed by atoms with Crippen molar-refractivity contribution in [1.82, 2.24) is 19.2 Å². The zero-order chi connectivity index (χ0) is 20.8. The number of carbonyl (C=O) groups is 1. The number of carbonyl (C=O) groups excluding carboxylic acids is 1. The number of nitrogens with zero attached hydrogens (tertiary/aromatic N) is 3. The molecular formula is C20H30N4O4S. The number of sulfonamides is 1. The van der Waals surface area contributed by atoms with Crippen LogP contribution < -0.4 is 5.56 Å². The number of nitrogens with one attached hydrogen (secondary N) is 1. The molecule has 3 aliphatic rings. The van der Waals surface area contributed by atoms with Gasteiger partial charge in [-0.15, -0.1) is 0 Å². The Kier molecular flexibility index (Phi) is 5.54. The fourth-order valence-corrected chi connectivity index (χ4v) is 5.72.